The Morgan fingerprint density at radius 2 is 2.24 bits per heavy atom. The van der Waals surface area contributed by atoms with E-state index in [9.17, 15) is 4.79 Å². The number of hydrogen-bond acceptors (Lipinski definition) is 3. The maximum absolute atomic E-state index is 11.8. The summed E-state index contributed by atoms with van der Waals surface area (Å²) in [4.78, 5) is 11.8. The van der Waals surface area contributed by atoms with Gasteiger partial charge in [-0.3, -0.25) is 4.79 Å². The number of nitrogens with one attached hydrogen (secondary N) is 1. The Bertz CT molecular complexity index is 389. The first kappa shape index (κ1) is 13.5. The lowest BCUT2D eigenvalue weighted by molar-refractivity contribution is 0.0950. The van der Waals surface area contributed by atoms with Crippen LogP contribution in [0, 0.1) is 6.92 Å². The predicted octanol–water partition coefficient (Wildman–Crippen LogP) is 1.47. The summed E-state index contributed by atoms with van der Waals surface area (Å²) in [5.41, 5.74) is 7.78. The highest BCUT2D eigenvalue weighted by atomic mass is 16.3. The molecule has 1 amide bonds. The van der Waals surface area contributed by atoms with Gasteiger partial charge in [-0.25, -0.2) is 0 Å². The molecule has 4 N–H and O–H groups in total. The van der Waals surface area contributed by atoms with Crippen LogP contribution < -0.4 is 11.1 Å². The summed E-state index contributed by atoms with van der Waals surface area (Å²) in [6.07, 6.45) is 1.12. The molecular weight excluding hydrogens is 216 g/mol. The molecular formula is C13H20N2O2. The van der Waals surface area contributed by atoms with Crippen molar-refractivity contribution < 1.29 is 9.90 Å². The molecule has 0 aliphatic carbocycles. The molecule has 0 heterocycles. The number of anilines is 1. The third-order valence-electron chi connectivity index (χ3n) is 2.65. The fraction of sp³-hybridized carbons (Fsp3) is 0.462. The van der Waals surface area contributed by atoms with Crippen LogP contribution >= 0.6 is 0 Å². The van der Waals surface area contributed by atoms with Crippen LogP contribution in [0.15, 0.2) is 18.2 Å². The van der Waals surface area contributed by atoms with E-state index in [1.807, 2.05) is 19.1 Å². The molecule has 0 bridgehead atoms. The molecule has 1 unspecified atom stereocenters. The lowest BCUT2D eigenvalue weighted by atomic mass is 10.1. The van der Waals surface area contributed by atoms with Crippen molar-refractivity contribution in [3.05, 3.63) is 29.3 Å². The molecule has 0 radical (unpaired) electrons. The molecule has 0 aromatic heterocycles. The maximum atomic E-state index is 11.8. The number of hydrogen-bond donors (Lipinski definition) is 3. The number of rotatable bonds is 5. The Balaban J connectivity index is 2.50. The van der Waals surface area contributed by atoms with E-state index in [1.165, 1.54) is 0 Å². The number of carbonyl (C=O) groups is 1. The zero-order valence-electron chi connectivity index (χ0n) is 10.4. The van der Waals surface area contributed by atoms with E-state index in [0.29, 0.717) is 24.2 Å². The molecule has 1 rings (SSSR count). The van der Waals surface area contributed by atoms with Gasteiger partial charge in [0.1, 0.15) is 0 Å². The Labute approximate surface area is 102 Å². The quantitative estimate of drug-likeness (QED) is 0.535. The first-order chi connectivity index (χ1) is 8.02. The Morgan fingerprint density at radius 3 is 2.88 bits per heavy atom. The molecule has 4 nitrogen and oxygen atoms in total. The SMILES string of the molecule is Cc1cccc(C(=O)NCCCC(C)O)c1N. The third kappa shape index (κ3) is 4.07. The highest BCUT2D eigenvalue weighted by molar-refractivity contribution is 5.99. The van der Waals surface area contributed by atoms with Crippen molar-refractivity contribution >= 4 is 11.6 Å². The zero-order valence-corrected chi connectivity index (χ0v) is 10.4. The number of carbonyl (C=O) groups excluding carboxylic acids is 1. The van der Waals surface area contributed by atoms with Crippen LogP contribution in [0.1, 0.15) is 35.7 Å². The van der Waals surface area contributed by atoms with Crippen molar-refractivity contribution in [3.8, 4) is 0 Å². The van der Waals surface area contributed by atoms with E-state index in [4.69, 9.17) is 10.8 Å². The summed E-state index contributed by atoms with van der Waals surface area (Å²) >= 11 is 0. The van der Waals surface area contributed by atoms with Crippen LogP contribution in [-0.4, -0.2) is 23.7 Å². The minimum absolute atomic E-state index is 0.156. The summed E-state index contributed by atoms with van der Waals surface area (Å²) in [7, 11) is 0. The van der Waals surface area contributed by atoms with Gasteiger partial charge >= 0.3 is 0 Å². The second kappa shape index (κ2) is 6.25. The van der Waals surface area contributed by atoms with E-state index < -0.39 is 0 Å². The lowest BCUT2D eigenvalue weighted by Gasteiger charge is -2.09. The highest BCUT2D eigenvalue weighted by Gasteiger charge is 2.09. The van der Waals surface area contributed by atoms with Gasteiger partial charge in [0.2, 0.25) is 0 Å². The van der Waals surface area contributed by atoms with Crippen LogP contribution in [-0.2, 0) is 0 Å². The number of aryl methyl sites for hydroxylation is 1. The largest absolute Gasteiger partial charge is 0.398 e. The molecule has 0 spiro atoms. The lowest BCUT2D eigenvalue weighted by Crippen LogP contribution is -2.26. The molecule has 0 aliphatic heterocycles. The molecule has 0 aliphatic rings. The monoisotopic (exact) mass is 236 g/mol. The molecule has 94 valence electrons. The fourth-order valence-corrected chi connectivity index (χ4v) is 1.57. The summed E-state index contributed by atoms with van der Waals surface area (Å²) in [5.74, 6) is -0.156. The second-order valence-electron chi connectivity index (χ2n) is 4.28. The van der Waals surface area contributed by atoms with Crippen molar-refractivity contribution in [3.63, 3.8) is 0 Å². The van der Waals surface area contributed by atoms with Crippen LogP contribution in [0.4, 0.5) is 5.69 Å². The third-order valence-corrected chi connectivity index (χ3v) is 2.65. The molecule has 1 aromatic rings. The van der Waals surface area contributed by atoms with Gasteiger partial charge in [-0.2, -0.15) is 0 Å². The van der Waals surface area contributed by atoms with Crippen LogP contribution in [0.2, 0.25) is 0 Å². The summed E-state index contributed by atoms with van der Waals surface area (Å²) < 4.78 is 0. The van der Waals surface area contributed by atoms with Gasteiger partial charge in [0.05, 0.1) is 11.7 Å². The average molecular weight is 236 g/mol. The molecule has 0 saturated heterocycles. The summed E-state index contributed by atoms with van der Waals surface area (Å²) in [6.45, 7) is 4.16. The molecule has 17 heavy (non-hydrogen) atoms. The van der Waals surface area contributed by atoms with Gasteiger partial charge in [0.25, 0.3) is 5.91 Å². The van der Waals surface area contributed by atoms with Crippen LogP contribution in [0.25, 0.3) is 0 Å². The van der Waals surface area contributed by atoms with Gasteiger partial charge in [-0.15, -0.1) is 0 Å². The minimum atomic E-state index is -0.323. The number of benzene rings is 1. The number of amides is 1. The first-order valence-electron chi connectivity index (χ1n) is 5.83. The predicted molar refractivity (Wildman–Crippen MR) is 68.8 cm³/mol. The van der Waals surface area contributed by atoms with Crippen molar-refractivity contribution in [1.82, 2.24) is 5.32 Å². The van der Waals surface area contributed by atoms with Gasteiger partial charge in [-0.1, -0.05) is 12.1 Å². The van der Waals surface area contributed by atoms with Gasteiger partial charge in [-0.05, 0) is 38.3 Å². The Morgan fingerprint density at radius 1 is 1.53 bits per heavy atom. The van der Waals surface area contributed by atoms with Crippen LogP contribution in [0.3, 0.4) is 0 Å². The second-order valence-corrected chi connectivity index (χ2v) is 4.28. The van der Waals surface area contributed by atoms with E-state index in [0.717, 1.165) is 12.0 Å². The van der Waals surface area contributed by atoms with Crippen molar-refractivity contribution in [2.75, 3.05) is 12.3 Å². The maximum Gasteiger partial charge on any atom is 0.253 e. The summed E-state index contributed by atoms with van der Waals surface area (Å²) in [6, 6.07) is 5.41. The number of nitrogens with two attached hydrogens (primary N) is 1. The number of para-hydroxylation sites is 1. The molecule has 1 aromatic carbocycles. The van der Waals surface area contributed by atoms with Crippen molar-refractivity contribution in [2.24, 2.45) is 0 Å². The molecule has 1 atom stereocenters. The Hall–Kier alpha value is -1.55. The zero-order chi connectivity index (χ0) is 12.8. The molecule has 0 saturated carbocycles. The molecule has 0 fully saturated rings. The van der Waals surface area contributed by atoms with E-state index >= 15 is 0 Å². The van der Waals surface area contributed by atoms with E-state index in [2.05, 4.69) is 5.32 Å². The highest BCUT2D eigenvalue weighted by Crippen LogP contribution is 2.15. The average Bonchev–Trinajstić information content (AvgIpc) is 2.27. The van der Waals surface area contributed by atoms with Crippen LogP contribution in [0.5, 0.6) is 0 Å². The van der Waals surface area contributed by atoms with Gasteiger partial charge < -0.3 is 16.2 Å². The fourth-order valence-electron chi connectivity index (χ4n) is 1.57. The van der Waals surface area contributed by atoms with Crippen molar-refractivity contribution in [2.45, 2.75) is 32.8 Å². The molecule has 4 heteroatoms. The number of aliphatic hydroxyl groups excluding tert-OH is 1. The van der Waals surface area contributed by atoms with Gasteiger partial charge in [0, 0.05) is 12.2 Å². The number of aliphatic hydroxyl groups is 1. The smallest absolute Gasteiger partial charge is 0.253 e. The van der Waals surface area contributed by atoms with Crippen molar-refractivity contribution in [1.29, 1.82) is 0 Å². The van der Waals surface area contributed by atoms with E-state index in [1.54, 1.807) is 13.0 Å². The Kier molecular flexibility index (Phi) is 4.97. The summed E-state index contributed by atoms with van der Waals surface area (Å²) in [5, 5.41) is 11.9. The topological polar surface area (TPSA) is 75.3 Å². The number of nitrogen functional groups attached to an aromatic ring is 1. The van der Waals surface area contributed by atoms with E-state index in [-0.39, 0.29) is 12.0 Å². The van der Waals surface area contributed by atoms with Gasteiger partial charge in [0.15, 0.2) is 0 Å². The normalized spacial score (nSPS) is 12.2. The minimum Gasteiger partial charge on any atom is -0.398 e. The first-order valence-corrected chi connectivity index (χ1v) is 5.83. The standard InChI is InChI=1S/C13H20N2O2/c1-9-5-3-7-11(12(9)14)13(17)15-8-4-6-10(2)16/h3,5,7,10,16H,4,6,8,14H2,1-2H3,(H,15,17).